The first kappa shape index (κ1) is 17.5. The highest BCUT2D eigenvalue weighted by atomic mass is 35.5. The van der Waals surface area contributed by atoms with Gasteiger partial charge in [0.1, 0.15) is 6.04 Å². The molecule has 2 heterocycles. The molecule has 3 atom stereocenters. The zero-order chi connectivity index (χ0) is 17.1. The Balaban J connectivity index is 1.67. The second-order valence-corrected chi connectivity index (χ2v) is 7.57. The Morgan fingerprint density at radius 3 is 2.88 bits per heavy atom. The molecule has 0 aliphatic carbocycles. The minimum atomic E-state index is -0.869. The summed E-state index contributed by atoms with van der Waals surface area (Å²) in [6.45, 7) is 0.594. The second-order valence-electron chi connectivity index (χ2n) is 6.01. The minimum Gasteiger partial charge on any atom is -0.481 e. The van der Waals surface area contributed by atoms with Crippen molar-refractivity contribution in [1.82, 2.24) is 15.8 Å². The lowest BCUT2D eigenvalue weighted by Crippen LogP contribution is -2.53. The van der Waals surface area contributed by atoms with Crippen molar-refractivity contribution in [3.05, 3.63) is 34.9 Å². The van der Waals surface area contributed by atoms with Crippen molar-refractivity contribution in [1.29, 1.82) is 0 Å². The Kier molecular flexibility index (Phi) is 5.65. The third-order valence-corrected chi connectivity index (χ3v) is 5.84. The second kappa shape index (κ2) is 7.74. The van der Waals surface area contributed by atoms with Gasteiger partial charge in [0.25, 0.3) is 0 Å². The van der Waals surface area contributed by atoms with Crippen molar-refractivity contribution in [3.63, 3.8) is 0 Å². The number of carbonyl (C=O) groups excluding carboxylic acids is 1. The molecular weight excluding hydrogens is 350 g/mol. The van der Waals surface area contributed by atoms with Gasteiger partial charge in [0, 0.05) is 29.1 Å². The van der Waals surface area contributed by atoms with Crippen LogP contribution in [-0.4, -0.2) is 52.0 Å². The summed E-state index contributed by atoms with van der Waals surface area (Å²) in [6.07, 6.45) is 0.582. The van der Waals surface area contributed by atoms with Gasteiger partial charge in [0.15, 0.2) is 0 Å². The van der Waals surface area contributed by atoms with Crippen LogP contribution in [0.4, 0.5) is 0 Å². The van der Waals surface area contributed by atoms with E-state index in [1.807, 2.05) is 24.3 Å². The third-order valence-electron chi connectivity index (χ3n) is 4.40. The molecule has 2 aliphatic rings. The number of aliphatic carboxylic acids is 1. The summed E-state index contributed by atoms with van der Waals surface area (Å²) >= 11 is 7.93. The number of hydrogen-bond donors (Lipinski definition) is 3. The number of amides is 1. The number of halogens is 1. The number of hydrogen-bond acceptors (Lipinski definition) is 5. The van der Waals surface area contributed by atoms with Gasteiger partial charge in [0.2, 0.25) is 5.91 Å². The lowest BCUT2D eigenvalue weighted by molar-refractivity contribution is -0.141. The Labute approximate surface area is 149 Å². The number of benzene rings is 1. The summed E-state index contributed by atoms with van der Waals surface area (Å²) in [5.41, 5.74) is 7.14. The fourth-order valence-electron chi connectivity index (χ4n) is 3.20. The smallest absolute Gasteiger partial charge is 0.305 e. The van der Waals surface area contributed by atoms with E-state index in [0.717, 1.165) is 11.3 Å². The molecule has 0 saturated carbocycles. The average molecular weight is 370 g/mol. The predicted molar refractivity (Wildman–Crippen MR) is 93.9 cm³/mol. The summed E-state index contributed by atoms with van der Waals surface area (Å²) in [4.78, 5) is 25.6. The number of carbonyl (C=O) groups is 2. The summed E-state index contributed by atoms with van der Waals surface area (Å²) in [5, 5.41) is 9.73. The Hall–Kier alpha value is -1.28. The van der Waals surface area contributed by atoms with Gasteiger partial charge in [0.05, 0.1) is 12.5 Å². The van der Waals surface area contributed by atoms with E-state index in [-0.39, 0.29) is 30.5 Å². The molecule has 1 aromatic carbocycles. The van der Waals surface area contributed by atoms with Crippen molar-refractivity contribution in [2.24, 2.45) is 0 Å². The zero-order valence-corrected chi connectivity index (χ0v) is 14.6. The number of carboxylic acid groups (broad SMARTS) is 1. The summed E-state index contributed by atoms with van der Waals surface area (Å²) < 4.78 is 0. The van der Waals surface area contributed by atoms with Gasteiger partial charge in [-0.3, -0.25) is 9.59 Å². The normalized spacial score (nSPS) is 27.2. The van der Waals surface area contributed by atoms with Crippen LogP contribution in [-0.2, 0) is 9.59 Å². The third kappa shape index (κ3) is 3.85. The molecule has 0 bridgehead atoms. The van der Waals surface area contributed by atoms with E-state index < -0.39 is 5.97 Å². The first-order valence-electron chi connectivity index (χ1n) is 7.91. The molecule has 3 rings (SSSR count). The van der Waals surface area contributed by atoms with Crippen molar-refractivity contribution >= 4 is 35.2 Å². The maximum Gasteiger partial charge on any atom is 0.305 e. The van der Waals surface area contributed by atoms with Crippen LogP contribution >= 0.6 is 23.4 Å². The van der Waals surface area contributed by atoms with Crippen LogP contribution < -0.4 is 10.9 Å². The fraction of sp³-hybridized carbons (Fsp3) is 0.500. The molecule has 6 nitrogen and oxygen atoms in total. The van der Waals surface area contributed by atoms with E-state index in [9.17, 15) is 9.59 Å². The molecule has 2 fully saturated rings. The lowest BCUT2D eigenvalue weighted by atomic mass is 10.0. The van der Waals surface area contributed by atoms with Gasteiger partial charge in [-0.25, -0.2) is 10.9 Å². The Morgan fingerprint density at radius 1 is 1.33 bits per heavy atom. The number of carboxylic acids is 1. The average Bonchev–Trinajstić information content (AvgIpc) is 3.04. The van der Waals surface area contributed by atoms with E-state index in [1.165, 1.54) is 0 Å². The van der Waals surface area contributed by atoms with Gasteiger partial charge in [-0.2, -0.15) is 11.8 Å². The van der Waals surface area contributed by atoms with Gasteiger partial charge >= 0.3 is 5.97 Å². The Bertz CT molecular complexity index is 630. The molecule has 1 aromatic rings. The topological polar surface area (TPSA) is 81.7 Å². The van der Waals surface area contributed by atoms with Crippen LogP contribution in [0.25, 0.3) is 0 Å². The molecule has 130 valence electrons. The van der Waals surface area contributed by atoms with E-state index in [1.54, 1.807) is 16.7 Å². The maximum absolute atomic E-state index is 12.8. The SMILES string of the molecule is O=C(O)CC1CSCCN1C(=O)C1CC(c2ccccc2Cl)NN1. The number of nitrogens with one attached hydrogen (secondary N) is 2. The largest absolute Gasteiger partial charge is 0.481 e. The van der Waals surface area contributed by atoms with Crippen LogP contribution in [0.5, 0.6) is 0 Å². The van der Waals surface area contributed by atoms with Crippen LogP contribution in [0.1, 0.15) is 24.4 Å². The van der Waals surface area contributed by atoms with Crippen LogP contribution in [0.2, 0.25) is 5.02 Å². The quantitative estimate of drug-likeness (QED) is 0.749. The van der Waals surface area contributed by atoms with Gasteiger partial charge in [-0.1, -0.05) is 29.8 Å². The number of nitrogens with zero attached hydrogens (tertiary/aromatic N) is 1. The molecule has 2 aliphatic heterocycles. The fourth-order valence-corrected chi connectivity index (χ4v) is 4.53. The highest BCUT2D eigenvalue weighted by molar-refractivity contribution is 7.99. The monoisotopic (exact) mass is 369 g/mol. The van der Waals surface area contributed by atoms with Crippen LogP contribution in [0.15, 0.2) is 24.3 Å². The molecule has 0 radical (unpaired) electrons. The lowest BCUT2D eigenvalue weighted by Gasteiger charge is -2.36. The zero-order valence-electron chi connectivity index (χ0n) is 13.1. The van der Waals surface area contributed by atoms with Crippen molar-refractivity contribution in [2.45, 2.75) is 31.0 Å². The molecule has 3 unspecified atom stereocenters. The molecular formula is C16H20ClN3O3S. The first-order valence-corrected chi connectivity index (χ1v) is 9.45. The van der Waals surface area contributed by atoms with Crippen LogP contribution in [0, 0.1) is 0 Å². The van der Waals surface area contributed by atoms with Crippen LogP contribution in [0.3, 0.4) is 0 Å². The maximum atomic E-state index is 12.8. The van der Waals surface area contributed by atoms with Gasteiger partial charge < -0.3 is 10.0 Å². The van der Waals surface area contributed by atoms with E-state index in [2.05, 4.69) is 10.9 Å². The molecule has 0 spiro atoms. The van der Waals surface area contributed by atoms with E-state index in [0.29, 0.717) is 23.7 Å². The number of rotatable bonds is 4. The van der Waals surface area contributed by atoms with Crippen molar-refractivity contribution in [2.75, 3.05) is 18.1 Å². The molecule has 24 heavy (non-hydrogen) atoms. The van der Waals surface area contributed by atoms with E-state index >= 15 is 0 Å². The number of hydrazine groups is 1. The Morgan fingerprint density at radius 2 is 2.12 bits per heavy atom. The minimum absolute atomic E-state index is 0.00711. The van der Waals surface area contributed by atoms with Gasteiger partial charge in [-0.05, 0) is 18.1 Å². The predicted octanol–water partition coefficient (Wildman–Crippen LogP) is 1.67. The van der Waals surface area contributed by atoms with Crippen molar-refractivity contribution < 1.29 is 14.7 Å². The first-order chi connectivity index (χ1) is 11.6. The summed E-state index contributed by atoms with van der Waals surface area (Å²) in [6, 6.07) is 6.92. The molecule has 2 saturated heterocycles. The number of thioether (sulfide) groups is 1. The molecule has 1 amide bonds. The van der Waals surface area contributed by atoms with Crippen molar-refractivity contribution in [3.8, 4) is 0 Å². The molecule has 3 N–H and O–H groups in total. The molecule has 8 heteroatoms. The summed E-state index contributed by atoms with van der Waals surface area (Å²) in [5.74, 6) is 0.609. The standard InChI is InChI=1S/C16H20ClN3O3S/c17-12-4-2-1-3-11(12)13-8-14(19-18-13)16(23)20-5-6-24-9-10(20)7-15(21)22/h1-4,10,13-14,18-19H,5-9H2,(H,21,22). The highest BCUT2D eigenvalue weighted by Crippen LogP contribution is 2.29. The van der Waals surface area contributed by atoms with Gasteiger partial charge in [-0.15, -0.1) is 0 Å². The highest BCUT2D eigenvalue weighted by Gasteiger charge is 2.37. The summed E-state index contributed by atoms with van der Waals surface area (Å²) in [7, 11) is 0. The molecule has 0 aromatic heterocycles. The van der Waals surface area contributed by atoms with E-state index in [4.69, 9.17) is 16.7 Å².